The van der Waals surface area contributed by atoms with Gasteiger partial charge in [0, 0.05) is 6.54 Å². The van der Waals surface area contributed by atoms with Gasteiger partial charge in [0.15, 0.2) is 0 Å². The summed E-state index contributed by atoms with van der Waals surface area (Å²) in [5.41, 5.74) is 0. The smallest absolute Gasteiger partial charge is 0.236 e. The molecule has 3 heteroatoms. The van der Waals surface area contributed by atoms with Crippen molar-refractivity contribution >= 4 is 17.7 Å². The first kappa shape index (κ1) is 16.2. The lowest BCUT2D eigenvalue weighted by Crippen LogP contribution is -2.46. The molecule has 0 aromatic rings. The molecule has 1 saturated carbocycles. The van der Waals surface area contributed by atoms with Gasteiger partial charge in [0.2, 0.25) is 5.91 Å². The van der Waals surface area contributed by atoms with E-state index in [0.29, 0.717) is 5.91 Å². The Morgan fingerprint density at radius 1 is 1.10 bits per heavy atom. The molecule has 0 aromatic carbocycles. The monoisotopic (exact) mass is 297 g/mol. The Bertz CT molecular complexity index is 312. The second-order valence-corrected chi connectivity index (χ2v) is 8.23. The summed E-state index contributed by atoms with van der Waals surface area (Å²) in [7, 11) is 0. The summed E-state index contributed by atoms with van der Waals surface area (Å²) in [6.07, 6.45) is 14.3. The fourth-order valence-electron chi connectivity index (χ4n) is 3.72. The van der Waals surface area contributed by atoms with E-state index in [0.717, 1.165) is 6.54 Å². The molecule has 1 heterocycles. The van der Waals surface area contributed by atoms with Crippen LogP contribution in [0.2, 0.25) is 0 Å². The molecule has 2 fully saturated rings. The summed E-state index contributed by atoms with van der Waals surface area (Å²) in [6.45, 7) is 5.36. The maximum Gasteiger partial charge on any atom is 0.236 e. The zero-order valence-electron chi connectivity index (χ0n) is 13.3. The first-order chi connectivity index (χ1) is 9.69. The fourth-order valence-corrected chi connectivity index (χ4v) is 5.44. The van der Waals surface area contributed by atoms with Gasteiger partial charge in [0.25, 0.3) is 0 Å². The first-order valence-corrected chi connectivity index (χ1v) is 9.57. The molecule has 1 aliphatic heterocycles. The van der Waals surface area contributed by atoms with Crippen LogP contribution in [-0.2, 0) is 4.79 Å². The van der Waals surface area contributed by atoms with Crippen molar-refractivity contribution in [3.63, 3.8) is 0 Å². The summed E-state index contributed by atoms with van der Waals surface area (Å²) in [5, 5.41) is 0.188. The van der Waals surface area contributed by atoms with Crippen LogP contribution in [0.15, 0.2) is 0 Å². The van der Waals surface area contributed by atoms with Crippen LogP contribution >= 0.6 is 11.8 Å². The molecular formula is C17H31NOS. The number of thioether (sulfide) groups is 1. The van der Waals surface area contributed by atoms with Crippen molar-refractivity contribution < 1.29 is 4.79 Å². The van der Waals surface area contributed by atoms with Crippen LogP contribution in [0.4, 0.5) is 0 Å². The molecule has 1 saturated heterocycles. The summed E-state index contributed by atoms with van der Waals surface area (Å²) in [6, 6.07) is 0. The molecule has 1 aliphatic carbocycles. The molecule has 1 spiro atoms. The second-order valence-electron chi connectivity index (χ2n) is 6.52. The molecule has 1 amide bonds. The van der Waals surface area contributed by atoms with Crippen LogP contribution < -0.4 is 0 Å². The van der Waals surface area contributed by atoms with Crippen LogP contribution in [-0.4, -0.2) is 27.5 Å². The van der Waals surface area contributed by atoms with Crippen molar-refractivity contribution in [2.75, 3.05) is 6.54 Å². The molecule has 0 radical (unpaired) electrons. The average Bonchev–Trinajstić information content (AvgIpc) is 2.67. The normalized spacial score (nSPS) is 25.6. The summed E-state index contributed by atoms with van der Waals surface area (Å²) in [4.78, 5) is 14.9. The van der Waals surface area contributed by atoms with E-state index in [4.69, 9.17) is 0 Å². The minimum Gasteiger partial charge on any atom is -0.327 e. The highest BCUT2D eigenvalue weighted by atomic mass is 32.2. The maximum absolute atomic E-state index is 12.5. The predicted octanol–water partition coefficient (Wildman–Crippen LogP) is 4.97. The van der Waals surface area contributed by atoms with E-state index in [9.17, 15) is 4.79 Å². The highest BCUT2D eigenvalue weighted by molar-refractivity contribution is 8.02. The number of hydrogen-bond acceptors (Lipinski definition) is 2. The SMILES string of the molecule is CCCCCCCCN1C(=O)C(C)SC12CCCCC2. The molecule has 0 bridgehead atoms. The van der Waals surface area contributed by atoms with Gasteiger partial charge in [-0.25, -0.2) is 0 Å². The number of carbonyl (C=O) groups is 1. The number of carbonyl (C=O) groups excluding carboxylic acids is 1. The standard InChI is InChI=1S/C17H31NOS/c1-3-4-5-6-7-11-14-18-16(19)15(2)20-17(18)12-9-8-10-13-17/h15H,3-14H2,1-2H3. The number of nitrogens with zero attached hydrogens (tertiary/aromatic N) is 1. The summed E-state index contributed by atoms with van der Waals surface area (Å²) >= 11 is 1.95. The van der Waals surface area contributed by atoms with E-state index in [1.807, 2.05) is 11.8 Å². The predicted molar refractivity (Wildman–Crippen MR) is 88.0 cm³/mol. The van der Waals surface area contributed by atoms with Crippen molar-refractivity contribution in [2.24, 2.45) is 0 Å². The summed E-state index contributed by atoms with van der Waals surface area (Å²) < 4.78 is 0. The van der Waals surface area contributed by atoms with Gasteiger partial charge in [-0.3, -0.25) is 4.79 Å². The van der Waals surface area contributed by atoms with Crippen LogP contribution in [0.3, 0.4) is 0 Å². The molecule has 2 rings (SSSR count). The van der Waals surface area contributed by atoms with E-state index in [1.54, 1.807) is 0 Å². The molecule has 1 unspecified atom stereocenters. The molecule has 1 atom stereocenters. The van der Waals surface area contributed by atoms with Crippen molar-refractivity contribution in [3.8, 4) is 0 Å². The van der Waals surface area contributed by atoms with E-state index in [-0.39, 0.29) is 10.1 Å². The first-order valence-electron chi connectivity index (χ1n) is 8.69. The summed E-state index contributed by atoms with van der Waals surface area (Å²) in [5.74, 6) is 0.408. The average molecular weight is 298 g/mol. The van der Waals surface area contributed by atoms with Gasteiger partial charge in [0.05, 0.1) is 10.1 Å². The Kier molecular flexibility index (Phi) is 6.25. The van der Waals surface area contributed by atoms with Gasteiger partial charge in [-0.1, -0.05) is 58.3 Å². The quantitative estimate of drug-likeness (QED) is 0.618. The second kappa shape index (κ2) is 7.72. The van der Waals surface area contributed by atoms with Gasteiger partial charge >= 0.3 is 0 Å². The number of unbranched alkanes of at least 4 members (excludes halogenated alkanes) is 5. The van der Waals surface area contributed by atoms with E-state index in [1.165, 1.54) is 70.6 Å². The molecule has 116 valence electrons. The lowest BCUT2D eigenvalue weighted by molar-refractivity contribution is -0.132. The van der Waals surface area contributed by atoms with Gasteiger partial charge in [0.1, 0.15) is 0 Å². The number of amides is 1. The third-order valence-corrected chi connectivity index (χ3v) is 6.49. The van der Waals surface area contributed by atoms with Gasteiger partial charge in [-0.05, 0) is 26.2 Å². The van der Waals surface area contributed by atoms with Crippen LogP contribution in [0.25, 0.3) is 0 Å². The molecule has 2 aliphatic rings. The van der Waals surface area contributed by atoms with Gasteiger partial charge < -0.3 is 4.90 Å². The fraction of sp³-hybridized carbons (Fsp3) is 0.941. The van der Waals surface area contributed by atoms with Crippen molar-refractivity contribution in [1.82, 2.24) is 4.90 Å². The maximum atomic E-state index is 12.5. The molecular weight excluding hydrogens is 266 g/mol. The van der Waals surface area contributed by atoms with Crippen LogP contribution in [0.5, 0.6) is 0 Å². The van der Waals surface area contributed by atoms with Crippen LogP contribution in [0.1, 0.15) is 84.5 Å². The van der Waals surface area contributed by atoms with Gasteiger partial charge in [-0.2, -0.15) is 0 Å². The van der Waals surface area contributed by atoms with Gasteiger partial charge in [-0.15, -0.1) is 11.8 Å². The lowest BCUT2D eigenvalue weighted by Gasteiger charge is -2.40. The van der Waals surface area contributed by atoms with E-state index < -0.39 is 0 Å². The van der Waals surface area contributed by atoms with E-state index >= 15 is 0 Å². The Morgan fingerprint density at radius 3 is 2.45 bits per heavy atom. The topological polar surface area (TPSA) is 20.3 Å². The number of hydrogen-bond donors (Lipinski definition) is 0. The zero-order chi connectivity index (χ0) is 14.4. The van der Waals surface area contributed by atoms with Crippen LogP contribution in [0, 0.1) is 0 Å². The zero-order valence-corrected chi connectivity index (χ0v) is 14.1. The Balaban J connectivity index is 1.82. The minimum absolute atomic E-state index is 0.179. The molecule has 2 nitrogen and oxygen atoms in total. The highest BCUT2D eigenvalue weighted by Crippen LogP contribution is 2.50. The van der Waals surface area contributed by atoms with Crippen molar-refractivity contribution in [2.45, 2.75) is 94.6 Å². The highest BCUT2D eigenvalue weighted by Gasteiger charge is 2.49. The number of rotatable bonds is 7. The van der Waals surface area contributed by atoms with E-state index in [2.05, 4.69) is 18.7 Å². The molecule has 0 N–H and O–H groups in total. The third kappa shape index (κ3) is 3.72. The molecule has 20 heavy (non-hydrogen) atoms. The Labute approximate surface area is 129 Å². The van der Waals surface area contributed by atoms with Crippen molar-refractivity contribution in [3.05, 3.63) is 0 Å². The molecule has 0 aromatic heterocycles. The van der Waals surface area contributed by atoms with Crippen molar-refractivity contribution in [1.29, 1.82) is 0 Å². The lowest BCUT2D eigenvalue weighted by atomic mass is 9.93. The Hall–Kier alpha value is -0.180. The Morgan fingerprint density at radius 2 is 1.75 bits per heavy atom. The minimum atomic E-state index is 0.179. The largest absolute Gasteiger partial charge is 0.327 e. The third-order valence-electron chi connectivity index (χ3n) is 4.87.